The molecule has 1 aromatic carbocycles. The number of benzene rings is 1. The van der Waals surface area contributed by atoms with Crippen LogP contribution in [-0.4, -0.2) is 35.0 Å². The SMILES string of the molecule is COC(CCn1ccc2c3c(N)nc(N)nc3ccc21)OC. The monoisotopic (exact) mass is 301 g/mol. The summed E-state index contributed by atoms with van der Waals surface area (Å²) in [6.07, 6.45) is 2.55. The van der Waals surface area contributed by atoms with Crippen LogP contribution in [0.2, 0.25) is 0 Å². The lowest BCUT2D eigenvalue weighted by Gasteiger charge is -2.14. The Balaban J connectivity index is 2.03. The van der Waals surface area contributed by atoms with E-state index in [4.69, 9.17) is 20.9 Å². The predicted molar refractivity (Wildman–Crippen MR) is 86.3 cm³/mol. The Morgan fingerprint density at radius 1 is 1.14 bits per heavy atom. The highest BCUT2D eigenvalue weighted by Gasteiger charge is 2.12. The summed E-state index contributed by atoms with van der Waals surface area (Å²) in [7, 11) is 3.27. The number of hydrogen-bond acceptors (Lipinski definition) is 6. The minimum absolute atomic E-state index is 0.187. The number of aryl methyl sites for hydroxylation is 1. The summed E-state index contributed by atoms with van der Waals surface area (Å²) >= 11 is 0. The van der Waals surface area contributed by atoms with Crippen LogP contribution in [0.5, 0.6) is 0 Å². The number of rotatable bonds is 5. The van der Waals surface area contributed by atoms with Crippen molar-refractivity contribution in [2.24, 2.45) is 0 Å². The predicted octanol–water partition coefficient (Wildman–Crippen LogP) is 1.76. The van der Waals surface area contributed by atoms with Gasteiger partial charge in [0.05, 0.1) is 10.9 Å². The lowest BCUT2D eigenvalue weighted by atomic mass is 10.1. The van der Waals surface area contributed by atoms with E-state index in [1.807, 2.05) is 24.4 Å². The number of nitrogens with two attached hydrogens (primary N) is 2. The number of methoxy groups -OCH3 is 2. The van der Waals surface area contributed by atoms with Gasteiger partial charge in [0.2, 0.25) is 5.95 Å². The van der Waals surface area contributed by atoms with Crippen LogP contribution >= 0.6 is 0 Å². The first kappa shape index (κ1) is 14.6. The van der Waals surface area contributed by atoms with Gasteiger partial charge in [0, 0.05) is 44.3 Å². The Kier molecular flexibility index (Phi) is 3.82. The molecular formula is C15H19N5O2. The summed E-state index contributed by atoms with van der Waals surface area (Å²) in [4.78, 5) is 8.29. The first-order chi connectivity index (χ1) is 10.6. The molecule has 4 N–H and O–H groups in total. The van der Waals surface area contributed by atoms with E-state index in [0.717, 1.165) is 34.8 Å². The molecule has 0 spiro atoms. The van der Waals surface area contributed by atoms with Gasteiger partial charge in [-0.2, -0.15) is 4.98 Å². The molecule has 0 aliphatic heterocycles. The van der Waals surface area contributed by atoms with Crippen molar-refractivity contribution < 1.29 is 9.47 Å². The lowest BCUT2D eigenvalue weighted by Crippen LogP contribution is -2.15. The highest BCUT2D eigenvalue weighted by atomic mass is 16.7. The largest absolute Gasteiger partial charge is 0.383 e. The fourth-order valence-corrected chi connectivity index (χ4v) is 2.72. The molecule has 3 aromatic rings. The Morgan fingerprint density at radius 2 is 1.91 bits per heavy atom. The van der Waals surface area contributed by atoms with Crippen LogP contribution < -0.4 is 11.5 Å². The topological polar surface area (TPSA) is 101 Å². The van der Waals surface area contributed by atoms with Gasteiger partial charge in [-0.15, -0.1) is 0 Å². The zero-order chi connectivity index (χ0) is 15.7. The molecule has 0 amide bonds. The molecule has 0 aliphatic carbocycles. The minimum Gasteiger partial charge on any atom is -0.383 e. The van der Waals surface area contributed by atoms with Crippen LogP contribution in [-0.2, 0) is 16.0 Å². The number of nitrogen functional groups attached to an aromatic ring is 2. The molecular weight excluding hydrogens is 282 g/mol. The fraction of sp³-hybridized carbons (Fsp3) is 0.333. The normalized spacial score (nSPS) is 11.8. The van der Waals surface area contributed by atoms with Gasteiger partial charge in [0.25, 0.3) is 0 Å². The van der Waals surface area contributed by atoms with Crippen molar-refractivity contribution in [1.82, 2.24) is 14.5 Å². The smallest absolute Gasteiger partial charge is 0.222 e. The molecule has 0 saturated carbocycles. The molecule has 116 valence electrons. The fourth-order valence-electron chi connectivity index (χ4n) is 2.72. The summed E-state index contributed by atoms with van der Waals surface area (Å²) in [5.41, 5.74) is 13.5. The highest BCUT2D eigenvalue weighted by Crippen LogP contribution is 2.29. The van der Waals surface area contributed by atoms with Crippen molar-refractivity contribution in [2.45, 2.75) is 19.3 Å². The van der Waals surface area contributed by atoms with Gasteiger partial charge in [-0.1, -0.05) is 0 Å². The Hall–Kier alpha value is -2.38. The quantitative estimate of drug-likeness (QED) is 0.696. The highest BCUT2D eigenvalue weighted by molar-refractivity contribution is 6.10. The summed E-state index contributed by atoms with van der Waals surface area (Å²) < 4.78 is 12.6. The molecule has 0 fully saturated rings. The van der Waals surface area contributed by atoms with Gasteiger partial charge in [-0.05, 0) is 18.2 Å². The van der Waals surface area contributed by atoms with E-state index in [0.29, 0.717) is 5.82 Å². The molecule has 22 heavy (non-hydrogen) atoms. The van der Waals surface area contributed by atoms with E-state index in [1.54, 1.807) is 14.2 Å². The van der Waals surface area contributed by atoms with Crippen LogP contribution in [0.25, 0.3) is 21.8 Å². The molecule has 7 nitrogen and oxygen atoms in total. The van der Waals surface area contributed by atoms with Crippen molar-refractivity contribution in [1.29, 1.82) is 0 Å². The summed E-state index contributed by atoms with van der Waals surface area (Å²) in [6.45, 7) is 0.775. The van der Waals surface area contributed by atoms with Crippen molar-refractivity contribution in [2.75, 3.05) is 25.7 Å². The molecule has 0 atom stereocenters. The van der Waals surface area contributed by atoms with Crippen LogP contribution in [0.15, 0.2) is 24.4 Å². The molecule has 0 aliphatic rings. The maximum Gasteiger partial charge on any atom is 0.222 e. The third-order valence-electron chi connectivity index (χ3n) is 3.79. The molecule has 0 radical (unpaired) electrons. The van der Waals surface area contributed by atoms with Crippen molar-refractivity contribution in [3.63, 3.8) is 0 Å². The standard InChI is InChI=1S/C15H19N5O2/c1-21-12(22-2)6-8-20-7-5-9-11(20)4-3-10-13(9)14(16)19-15(17)18-10/h3-5,7,12H,6,8H2,1-2H3,(H4,16,17,18,19). The minimum atomic E-state index is -0.217. The van der Waals surface area contributed by atoms with E-state index in [1.165, 1.54) is 0 Å². The van der Waals surface area contributed by atoms with Gasteiger partial charge in [0.1, 0.15) is 5.82 Å². The van der Waals surface area contributed by atoms with E-state index in [2.05, 4.69) is 14.5 Å². The summed E-state index contributed by atoms with van der Waals surface area (Å²) in [6, 6.07) is 5.94. The molecule has 2 aromatic heterocycles. The van der Waals surface area contributed by atoms with E-state index < -0.39 is 0 Å². The number of nitrogens with zero attached hydrogens (tertiary/aromatic N) is 3. The van der Waals surface area contributed by atoms with Gasteiger partial charge in [-0.3, -0.25) is 0 Å². The summed E-state index contributed by atoms with van der Waals surface area (Å²) in [5, 5.41) is 1.85. The third kappa shape index (κ3) is 2.44. The molecule has 0 saturated heterocycles. The molecule has 3 rings (SSSR count). The third-order valence-corrected chi connectivity index (χ3v) is 3.79. The maximum absolute atomic E-state index is 6.02. The maximum atomic E-state index is 6.02. The second kappa shape index (κ2) is 5.78. The average molecular weight is 301 g/mol. The number of ether oxygens (including phenoxy) is 2. The van der Waals surface area contributed by atoms with Crippen molar-refractivity contribution in [3.8, 4) is 0 Å². The van der Waals surface area contributed by atoms with Crippen LogP contribution in [0.4, 0.5) is 11.8 Å². The van der Waals surface area contributed by atoms with Crippen LogP contribution in [0.1, 0.15) is 6.42 Å². The van der Waals surface area contributed by atoms with Gasteiger partial charge in [0.15, 0.2) is 6.29 Å². The van der Waals surface area contributed by atoms with E-state index in [9.17, 15) is 0 Å². The first-order valence-corrected chi connectivity index (χ1v) is 7.00. The molecule has 0 bridgehead atoms. The second-order valence-electron chi connectivity index (χ2n) is 5.06. The molecule has 7 heteroatoms. The summed E-state index contributed by atoms with van der Waals surface area (Å²) in [5.74, 6) is 0.587. The Bertz CT molecular complexity index is 810. The molecule has 2 heterocycles. The van der Waals surface area contributed by atoms with Crippen molar-refractivity contribution >= 4 is 33.6 Å². The Labute approximate surface area is 127 Å². The lowest BCUT2D eigenvalue weighted by molar-refractivity contribution is -0.107. The number of anilines is 2. The number of aromatic nitrogens is 3. The second-order valence-corrected chi connectivity index (χ2v) is 5.06. The zero-order valence-electron chi connectivity index (χ0n) is 12.6. The first-order valence-electron chi connectivity index (χ1n) is 7.00. The number of hydrogen-bond donors (Lipinski definition) is 2. The number of fused-ring (bicyclic) bond motifs is 3. The van der Waals surface area contributed by atoms with Gasteiger partial charge >= 0.3 is 0 Å². The zero-order valence-corrected chi connectivity index (χ0v) is 12.6. The van der Waals surface area contributed by atoms with E-state index in [-0.39, 0.29) is 12.2 Å². The van der Waals surface area contributed by atoms with Gasteiger partial charge in [-0.25, -0.2) is 4.98 Å². The van der Waals surface area contributed by atoms with E-state index >= 15 is 0 Å². The molecule has 0 unspecified atom stereocenters. The van der Waals surface area contributed by atoms with Crippen LogP contribution in [0.3, 0.4) is 0 Å². The van der Waals surface area contributed by atoms with Crippen molar-refractivity contribution in [3.05, 3.63) is 24.4 Å². The average Bonchev–Trinajstić information content (AvgIpc) is 2.90. The van der Waals surface area contributed by atoms with Gasteiger partial charge < -0.3 is 25.5 Å². The Morgan fingerprint density at radius 3 is 2.64 bits per heavy atom. The van der Waals surface area contributed by atoms with Crippen LogP contribution in [0, 0.1) is 0 Å².